The highest BCUT2D eigenvalue weighted by atomic mass is 32.2. The molecule has 0 spiro atoms. The molecule has 0 amide bonds. The highest BCUT2D eigenvalue weighted by molar-refractivity contribution is 7.85. The Hall–Kier alpha value is -1.41. The Labute approximate surface area is 92.5 Å². The first-order valence-electron chi connectivity index (χ1n) is 4.20. The number of carboxylic acids is 1. The lowest BCUT2D eigenvalue weighted by molar-refractivity contribution is -0.151. The summed E-state index contributed by atoms with van der Waals surface area (Å²) in [5.41, 5.74) is 0. The highest BCUT2D eigenvalue weighted by Crippen LogP contribution is 2.09. The van der Waals surface area contributed by atoms with Crippen LogP contribution in [0.25, 0.3) is 0 Å². The number of aliphatic carboxylic acids is 1. The van der Waals surface area contributed by atoms with E-state index in [0.29, 0.717) is 0 Å². The SMILES string of the molecule is C=CCOC(=O)[C@H](CC(=O)O)CS(=O)(=O)O. The van der Waals surface area contributed by atoms with Crippen LogP contribution in [0.2, 0.25) is 0 Å². The second-order valence-corrected chi connectivity index (χ2v) is 4.46. The monoisotopic (exact) mass is 252 g/mol. The summed E-state index contributed by atoms with van der Waals surface area (Å²) in [6.45, 7) is 3.11. The summed E-state index contributed by atoms with van der Waals surface area (Å²) in [4.78, 5) is 21.6. The Morgan fingerprint density at radius 1 is 1.44 bits per heavy atom. The molecule has 1 atom stereocenters. The summed E-state index contributed by atoms with van der Waals surface area (Å²) in [6, 6.07) is 0. The van der Waals surface area contributed by atoms with Crippen LogP contribution < -0.4 is 0 Å². The van der Waals surface area contributed by atoms with E-state index in [0.717, 1.165) is 0 Å². The van der Waals surface area contributed by atoms with E-state index in [9.17, 15) is 18.0 Å². The molecular weight excluding hydrogens is 240 g/mol. The number of carbonyl (C=O) groups excluding carboxylic acids is 1. The maximum absolute atomic E-state index is 11.2. The molecule has 2 N–H and O–H groups in total. The quantitative estimate of drug-likeness (QED) is 0.362. The van der Waals surface area contributed by atoms with Crippen LogP contribution in [0, 0.1) is 5.92 Å². The van der Waals surface area contributed by atoms with Crippen LogP contribution in [0.1, 0.15) is 6.42 Å². The number of carboxylic acid groups (broad SMARTS) is 1. The largest absolute Gasteiger partial charge is 0.481 e. The zero-order valence-electron chi connectivity index (χ0n) is 8.33. The van der Waals surface area contributed by atoms with Crippen molar-refractivity contribution in [1.29, 1.82) is 0 Å². The van der Waals surface area contributed by atoms with Gasteiger partial charge >= 0.3 is 11.9 Å². The fourth-order valence-electron chi connectivity index (χ4n) is 0.934. The first kappa shape index (κ1) is 14.6. The van der Waals surface area contributed by atoms with Gasteiger partial charge in [-0.05, 0) is 0 Å². The lowest BCUT2D eigenvalue weighted by Gasteiger charge is -2.11. The molecule has 0 bridgehead atoms. The van der Waals surface area contributed by atoms with Crippen molar-refractivity contribution in [3.05, 3.63) is 12.7 Å². The Bertz CT molecular complexity index is 370. The summed E-state index contributed by atoms with van der Waals surface area (Å²) < 4.78 is 34.1. The van der Waals surface area contributed by atoms with Gasteiger partial charge in [-0.25, -0.2) is 0 Å². The van der Waals surface area contributed by atoms with Crippen molar-refractivity contribution >= 4 is 22.1 Å². The molecule has 0 rings (SSSR count). The predicted molar refractivity (Wildman–Crippen MR) is 53.3 cm³/mol. The average molecular weight is 252 g/mol. The molecule has 16 heavy (non-hydrogen) atoms. The zero-order chi connectivity index (χ0) is 12.8. The molecule has 0 aromatic carbocycles. The summed E-state index contributed by atoms with van der Waals surface area (Å²) >= 11 is 0. The molecular formula is C8H12O7S. The van der Waals surface area contributed by atoms with Crippen LogP contribution in [-0.2, 0) is 24.4 Å². The second-order valence-electron chi connectivity index (χ2n) is 2.96. The van der Waals surface area contributed by atoms with E-state index in [1.165, 1.54) is 6.08 Å². The summed E-state index contributed by atoms with van der Waals surface area (Å²) in [5.74, 6) is -4.76. The fourth-order valence-corrected chi connectivity index (χ4v) is 1.70. The molecule has 0 aromatic heterocycles. The molecule has 0 saturated carbocycles. The molecule has 7 nitrogen and oxygen atoms in total. The number of hydrogen-bond acceptors (Lipinski definition) is 5. The highest BCUT2D eigenvalue weighted by Gasteiger charge is 2.28. The summed E-state index contributed by atoms with van der Waals surface area (Å²) in [6.07, 6.45) is 0.527. The fraction of sp³-hybridized carbons (Fsp3) is 0.500. The first-order chi connectivity index (χ1) is 7.26. The topological polar surface area (TPSA) is 118 Å². The zero-order valence-corrected chi connectivity index (χ0v) is 9.14. The molecule has 0 unspecified atom stereocenters. The van der Waals surface area contributed by atoms with Crippen molar-refractivity contribution in [2.75, 3.05) is 12.4 Å². The van der Waals surface area contributed by atoms with E-state index >= 15 is 0 Å². The maximum Gasteiger partial charge on any atom is 0.310 e. The molecule has 0 heterocycles. The van der Waals surface area contributed by atoms with Crippen LogP contribution in [0.5, 0.6) is 0 Å². The molecule has 0 aromatic rings. The van der Waals surface area contributed by atoms with Crippen LogP contribution in [0.4, 0.5) is 0 Å². The van der Waals surface area contributed by atoms with Crippen molar-refractivity contribution in [3.63, 3.8) is 0 Å². The Balaban J connectivity index is 4.59. The van der Waals surface area contributed by atoms with Gasteiger partial charge in [-0.15, -0.1) is 0 Å². The van der Waals surface area contributed by atoms with Crippen molar-refractivity contribution < 1.29 is 32.4 Å². The molecule has 0 fully saturated rings. The van der Waals surface area contributed by atoms with Gasteiger partial charge in [0, 0.05) is 0 Å². The van der Waals surface area contributed by atoms with Gasteiger partial charge in [0.15, 0.2) is 0 Å². The van der Waals surface area contributed by atoms with Crippen LogP contribution in [0.15, 0.2) is 12.7 Å². The van der Waals surface area contributed by atoms with Gasteiger partial charge in [0.2, 0.25) is 0 Å². The third-order valence-corrected chi connectivity index (χ3v) is 2.33. The smallest absolute Gasteiger partial charge is 0.310 e. The number of esters is 1. The molecule has 0 aliphatic rings. The van der Waals surface area contributed by atoms with Crippen LogP contribution in [-0.4, -0.2) is 42.4 Å². The number of hydrogen-bond donors (Lipinski definition) is 2. The first-order valence-corrected chi connectivity index (χ1v) is 5.81. The lowest BCUT2D eigenvalue weighted by Crippen LogP contribution is -2.28. The Morgan fingerprint density at radius 2 is 2.00 bits per heavy atom. The van der Waals surface area contributed by atoms with Crippen molar-refractivity contribution in [2.24, 2.45) is 5.92 Å². The summed E-state index contributed by atoms with van der Waals surface area (Å²) in [5, 5.41) is 8.45. The molecule has 0 aliphatic heterocycles. The summed E-state index contributed by atoms with van der Waals surface area (Å²) in [7, 11) is -4.43. The third-order valence-electron chi connectivity index (χ3n) is 1.51. The van der Waals surface area contributed by atoms with Gasteiger partial charge in [-0.1, -0.05) is 12.7 Å². The van der Waals surface area contributed by atoms with Gasteiger partial charge in [-0.3, -0.25) is 14.1 Å². The maximum atomic E-state index is 11.2. The number of carbonyl (C=O) groups is 2. The van der Waals surface area contributed by atoms with Crippen LogP contribution in [0.3, 0.4) is 0 Å². The molecule has 0 saturated heterocycles. The normalized spacial score (nSPS) is 12.8. The predicted octanol–water partition coefficient (Wildman–Crippen LogP) is -0.306. The average Bonchev–Trinajstić information content (AvgIpc) is 2.10. The third kappa shape index (κ3) is 6.96. The number of ether oxygens (including phenoxy) is 1. The Morgan fingerprint density at radius 3 is 2.38 bits per heavy atom. The minimum atomic E-state index is -4.43. The van der Waals surface area contributed by atoms with Gasteiger partial charge in [0.05, 0.1) is 18.1 Å². The minimum Gasteiger partial charge on any atom is -0.481 e. The Kier molecular flexibility index (Phi) is 5.68. The van der Waals surface area contributed by atoms with Crippen LogP contribution >= 0.6 is 0 Å². The van der Waals surface area contributed by atoms with Crippen molar-refractivity contribution in [2.45, 2.75) is 6.42 Å². The van der Waals surface area contributed by atoms with Gasteiger partial charge in [0.1, 0.15) is 6.61 Å². The van der Waals surface area contributed by atoms with Gasteiger partial charge in [0.25, 0.3) is 10.1 Å². The lowest BCUT2D eigenvalue weighted by atomic mass is 10.1. The number of rotatable bonds is 7. The van der Waals surface area contributed by atoms with E-state index in [1.54, 1.807) is 0 Å². The van der Waals surface area contributed by atoms with E-state index in [4.69, 9.17) is 9.66 Å². The standard InChI is InChI=1S/C8H12O7S/c1-2-3-15-8(11)6(4-7(9)10)5-16(12,13)14/h2,6H,1,3-5H2,(H,9,10)(H,12,13,14)/t6-/m1/s1. The minimum absolute atomic E-state index is 0.152. The van der Waals surface area contributed by atoms with E-state index in [1.807, 2.05) is 0 Å². The molecule has 92 valence electrons. The van der Waals surface area contributed by atoms with E-state index < -0.39 is 40.1 Å². The molecule has 8 heteroatoms. The molecule has 0 radical (unpaired) electrons. The van der Waals surface area contributed by atoms with Gasteiger partial charge < -0.3 is 9.84 Å². The van der Waals surface area contributed by atoms with Crippen molar-refractivity contribution in [1.82, 2.24) is 0 Å². The van der Waals surface area contributed by atoms with Crippen molar-refractivity contribution in [3.8, 4) is 0 Å². The second kappa shape index (κ2) is 6.23. The van der Waals surface area contributed by atoms with E-state index in [2.05, 4.69) is 11.3 Å². The molecule has 0 aliphatic carbocycles. The van der Waals surface area contributed by atoms with E-state index in [-0.39, 0.29) is 6.61 Å². The van der Waals surface area contributed by atoms with Gasteiger partial charge in [-0.2, -0.15) is 8.42 Å².